The highest BCUT2D eigenvalue weighted by Crippen LogP contribution is 2.18. The number of guanidine groups is 1. The van der Waals surface area contributed by atoms with Gasteiger partial charge in [-0.25, -0.2) is 4.99 Å². The largest absolute Gasteiger partial charge is 0.376 e. The van der Waals surface area contributed by atoms with Gasteiger partial charge in [-0.05, 0) is 38.1 Å². The standard InChI is InChI=1S/C17H26N6OS/c1-12(15-7-5-9-25-15)20-17(18-10-14-6-4-8-24-14)19-11-16-22-21-13(2)23(16)3/h5,7,9,12,14H,4,6,8,10-11H2,1-3H3,(H2,18,19,20). The molecule has 2 atom stereocenters. The molecule has 1 aliphatic heterocycles. The highest BCUT2D eigenvalue weighted by molar-refractivity contribution is 7.10. The van der Waals surface area contributed by atoms with Crippen molar-refractivity contribution in [3.63, 3.8) is 0 Å². The smallest absolute Gasteiger partial charge is 0.192 e. The molecule has 0 radical (unpaired) electrons. The van der Waals surface area contributed by atoms with E-state index < -0.39 is 0 Å². The van der Waals surface area contributed by atoms with E-state index in [0.717, 1.165) is 43.6 Å². The molecule has 0 spiro atoms. The molecule has 7 nitrogen and oxygen atoms in total. The summed E-state index contributed by atoms with van der Waals surface area (Å²) >= 11 is 1.74. The Labute approximate surface area is 152 Å². The normalized spacial score (nSPS) is 19.2. The van der Waals surface area contributed by atoms with E-state index in [1.807, 2.05) is 18.5 Å². The van der Waals surface area contributed by atoms with Gasteiger partial charge in [-0.3, -0.25) is 0 Å². The number of thiophene rings is 1. The van der Waals surface area contributed by atoms with E-state index in [9.17, 15) is 0 Å². The number of aromatic nitrogens is 3. The van der Waals surface area contributed by atoms with Crippen molar-refractivity contribution in [3.8, 4) is 0 Å². The second-order valence-corrected chi connectivity index (χ2v) is 7.26. The minimum absolute atomic E-state index is 0.192. The Bertz CT molecular complexity index is 690. The van der Waals surface area contributed by atoms with Crippen molar-refractivity contribution in [1.29, 1.82) is 0 Å². The van der Waals surface area contributed by atoms with Crippen LogP contribution in [0.25, 0.3) is 0 Å². The fraction of sp³-hybridized carbons (Fsp3) is 0.588. The van der Waals surface area contributed by atoms with Crippen LogP contribution in [0.5, 0.6) is 0 Å². The van der Waals surface area contributed by atoms with Crippen LogP contribution in [-0.4, -0.2) is 40.0 Å². The molecule has 3 heterocycles. The molecule has 2 unspecified atom stereocenters. The molecule has 25 heavy (non-hydrogen) atoms. The molecule has 0 saturated carbocycles. The summed E-state index contributed by atoms with van der Waals surface area (Å²) < 4.78 is 7.66. The number of nitrogens with zero attached hydrogens (tertiary/aromatic N) is 4. The van der Waals surface area contributed by atoms with Crippen LogP contribution in [0.4, 0.5) is 0 Å². The molecular formula is C17H26N6OS. The minimum Gasteiger partial charge on any atom is -0.376 e. The zero-order valence-electron chi connectivity index (χ0n) is 15.0. The molecule has 0 aliphatic carbocycles. The summed E-state index contributed by atoms with van der Waals surface area (Å²) in [5.41, 5.74) is 0. The van der Waals surface area contributed by atoms with Gasteiger partial charge < -0.3 is 19.9 Å². The third-order valence-electron chi connectivity index (χ3n) is 4.41. The molecule has 3 rings (SSSR count). The van der Waals surface area contributed by atoms with Crippen molar-refractivity contribution in [2.75, 3.05) is 13.2 Å². The van der Waals surface area contributed by atoms with Crippen LogP contribution in [-0.2, 0) is 18.3 Å². The Balaban J connectivity index is 1.65. The zero-order valence-corrected chi connectivity index (χ0v) is 15.8. The lowest BCUT2D eigenvalue weighted by Crippen LogP contribution is -2.42. The van der Waals surface area contributed by atoms with Gasteiger partial charge in [0.25, 0.3) is 0 Å². The highest BCUT2D eigenvalue weighted by Gasteiger charge is 2.17. The van der Waals surface area contributed by atoms with Gasteiger partial charge in [0.05, 0.1) is 12.1 Å². The lowest BCUT2D eigenvalue weighted by molar-refractivity contribution is 0.113. The third-order valence-corrected chi connectivity index (χ3v) is 5.46. The number of hydrogen-bond donors (Lipinski definition) is 2. The van der Waals surface area contributed by atoms with E-state index in [-0.39, 0.29) is 12.1 Å². The van der Waals surface area contributed by atoms with Crippen molar-refractivity contribution >= 4 is 17.3 Å². The van der Waals surface area contributed by atoms with E-state index in [1.165, 1.54) is 4.88 Å². The molecule has 1 fully saturated rings. The number of nitrogens with one attached hydrogen (secondary N) is 2. The van der Waals surface area contributed by atoms with Crippen molar-refractivity contribution in [2.45, 2.75) is 45.4 Å². The first-order chi connectivity index (χ1) is 12.1. The molecule has 2 aromatic heterocycles. The summed E-state index contributed by atoms with van der Waals surface area (Å²) in [6, 6.07) is 4.39. The Morgan fingerprint density at radius 1 is 1.52 bits per heavy atom. The van der Waals surface area contributed by atoms with Gasteiger partial charge in [0.15, 0.2) is 11.8 Å². The molecular weight excluding hydrogens is 336 g/mol. The number of aliphatic imine (C=N–C) groups is 1. The van der Waals surface area contributed by atoms with E-state index in [0.29, 0.717) is 6.54 Å². The molecule has 2 aromatic rings. The average Bonchev–Trinajstić information content (AvgIpc) is 3.35. The molecule has 1 aliphatic rings. The van der Waals surface area contributed by atoms with Gasteiger partial charge >= 0.3 is 0 Å². The van der Waals surface area contributed by atoms with Crippen molar-refractivity contribution < 1.29 is 4.74 Å². The van der Waals surface area contributed by atoms with Gasteiger partial charge in [0, 0.05) is 25.1 Å². The van der Waals surface area contributed by atoms with Crippen LogP contribution < -0.4 is 10.6 Å². The fourth-order valence-corrected chi connectivity index (χ4v) is 3.46. The molecule has 1 saturated heterocycles. The first-order valence-electron chi connectivity index (χ1n) is 8.68. The van der Waals surface area contributed by atoms with Crippen LogP contribution in [0.3, 0.4) is 0 Å². The Hall–Kier alpha value is -1.93. The molecule has 2 N–H and O–H groups in total. The quantitative estimate of drug-likeness (QED) is 0.608. The molecule has 0 amide bonds. The zero-order chi connectivity index (χ0) is 17.6. The lowest BCUT2D eigenvalue weighted by atomic mass is 10.2. The van der Waals surface area contributed by atoms with Crippen LogP contribution in [0, 0.1) is 6.92 Å². The van der Waals surface area contributed by atoms with E-state index in [1.54, 1.807) is 11.3 Å². The number of ether oxygens (including phenoxy) is 1. The van der Waals surface area contributed by atoms with Crippen molar-refractivity contribution in [3.05, 3.63) is 34.0 Å². The fourth-order valence-electron chi connectivity index (χ4n) is 2.72. The van der Waals surface area contributed by atoms with Gasteiger partial charge in [-0.1, -0.05) is 6.07 Å². The number of hydrogen-bond acceptors (Lipinski definition) is 5. The van der Waals surface area contributed by atoms with Crippen LogP contribution in [0.15, 0.2) is 22.5 Å². The van der Waals surface area contributed by atoms with Crippen molar-refractivity contribution in [1.82, 2.24) is 25.4 Å². The van der Waals surface area contributed by atoms with Gasteiger partial charge in [-0.15, -0.1) is 21.5 Å². The van der Waals surface area contributed by atoms with E-state index in [4.69, 9.17) is 9.73 Å². The van der Waals surface area contributed by atoms with E-state index >= 15 is 0 Å². The first-order valence-corrected chi connectivity index (χ1v) is 9.56. The lowest BCUT2D eigenvalue weighted by Gasteiger charge is -2.19. The second-order valence-electron chi connectivity index (χ2n) is 6.28. The minimum atomic E-state index is 0.192. The topological polar surface area (TPSA) is 76.4 Å². The number of rotatable bonds is 6. The van der Waals surface area contributed by atoms with Crippen molar-refractivity contribution in [2.24, 2.45) is 12.0 Å². The summed E-state index contributed by atoms with van der Waals surface area (Å²) in [4.78, 5) is 5.98. The van der Waals surface area contributed by atoms with Gasteiger partial charge in [-0.2, -0.15) is 0 Å². The molecule has 0 bridgehead atoms. The maximum atomic E-state index is 5.70. The van der Waals surface area contributed by atoms with Gasteiger partial charge in [0.1, 0.15) is 12.4 Å². The molecule has 0 aromatic carbocycles. The van der Waals surface area contributed by atoms with Crippen LogP contribution in [0.2, 0.25) is 0 Å². The second kappa shape index (κ2) is 8.44. The molecule has 136 valence electrons. The summed E-state index contributed by atoms with van der Waals surface area (Å²) in [5, 5.41) is 17.2. The average molecular weight is 363 g/mol. The Kier molecular flexibility index (Phi) is 6.04. The summed E-state index contributed by atoms with van der Waals surface area (Å²) in [5.74, 6) is 2.51. The third kappa shape index (κ3) is 4.79. The summed E-state index contributed by atoms with van der Waals surface area (Å²) in [6.07, 6.45) is 2.50. The van der Waals surface area contributed by atoms with Crippen LogP contribution >= 0.6 is 11.3 Å². The van der Waals surface area contributed by atoms with Crippen LogP contribution in [0.1, 0.15) is 42.3 Å². The predicted molar refractivity (Wildman–Crippen MR) is 99.7 cm³/mol. The SMILES string of the molecule is Cc1nnc(CN=C(NCC2CCCO2)NC(C)c2cccs2)n1C. The summed E-state index contributed by atoms with van der Waals surface area (Å²) in [6.45, 7) is 6.18. The maximum Gasteiger partial charge on any atom is 0.192 e. The maximum absolute atomic E-state index is 5.70. The predicted octanol–water partition coefficient (Wildman–Crippen LogP) is 2.16. The van der Waals surface area contributed by atoms with Gasteiger partial charge in [0.2, 0.25) is 0 Å². The first kappa shape index (κ1) is 17.9. The highest BCUT2D eigenvalue weighted by atomic mass is 32.1. The Morgan fingerprint density at radius 2 is 2.40 bits per heavy atom. The summed E-state index contributed by atoms with van der Waals surface area (Å²) in [7, 11) is 1.96. The molecule has 8 heteroatoms. The number of aryl methyl sites for hydroxylation is 1. The monoisotopic (exact) mass is 362 g/mol. The Morgan fingerprint density at radius 3 is 3.04 bits per heavy atom. The van der Waals surface area contributed by atoms with E-state index in [2.05, 4.69) is 45.3 Å².